The normalized spacial score (nSPS) is 15.9. The Hall–Kier alpha value is -3.55. The molecule has 0 unspecified atom stereocenters. The molecule has 7 nitrogen and oxygen atoms in total. The number of halogens is 1. The average molecular weight is 380 g/mol. The predicted molar refractivity (Wildman–Crippen MR) is 102 cm³/mol. The lowest BCUT2D eigenvalue weighted by Crippen LogP contribution is -2.34. The molecule has 2 N–H and O–H groups in total. The second kappa shape index (κ2) is 6.88. The summed E-state index contributed by atoms with van der Waals surface area (Å²) >= 11 is 0. The van der Waals surface area contributed by atoms with Crippen molar-refractivity contribution in [2.24, 2.45) is 5.10 Å². The number of hydrogen-bond acceptors (Lipinski definition) is 5. The van der Waals surface area contributed by atoms with E-state index in [0.717, 1.165) is 6.07 Å². The van der Waals surface area contributed by atoms with E-state index < -0.39 is 28.6 Å². The van der Waals surface area contributed by atoms with Gasteiger partial charge in [0.05, 0.1) is 11.7 Å². The SMILES string of the molecule is C[C@H]1CCc2cc(F)cc3c(O)c(C(=O)N/N=C\c4cccnc4)c(=O)n1c23. The van der Waals surface area contributed by atoms with E-state index in [2.05, 4.69) is 15.5 Å². The second-order valence-electron chi connectivity index (χ2n) is 6.73. The molecule has 0 spiro atoms. The summed E-state index contributed by atoms with van der Waals surface area (Å²) in [5.41, 5.74) is 2.92. The van der Waals surface area contributed by atoms with E-state index in [1.165, 1.54) is 16.8 Å². The van der Waals surface area contributed by atoms with Gasteiger partial charge in [-0.25, -0.2) is 9.82 Å². The minimum Gasteiger partial charge on any atom is -0.506 e. The number of hydrogen-bond donors (Lipinski definition) is 2. The molecule has 0 fully saturated rings. The molecule has 0 saturated carbocycles. The number of aryl methyl sites for hydroxylation is 1. The minimum absolute atomic E-state index is 0.141. The number of nitrogens with one attached hydrogen (secondary N) is 1. The lowest BCUT2D eigenvalue weighted by molar-refractivity contribution is 0.0950. The summed E-state index contributed by atoms with van der Waals surface area (Å²) < 4.78 is 15.5. The van der Waals surface area contributed by atoms with Crippen LogP contribution in [-0.2, 0) is 6.42 Å². The van der Waals surface area contributed by atoms with Crippen molar-refractivity contribution in [3.63, 3.8) is 0 Å². The highest BCUT2D eigenvalue weighted by atomic mass is 19.1. The van der Waals surface area contributed by atoms with E-state index in [9.17, 15) is 19.1 Å². The first-order valence-electron chi connectivity index (χ1n) is 8.80. The third-order valence-corrected chi connectivity index (χ3v) is 4.88. The Morgan fingerprint density at radius 3 is 3.04 bits per heavy atom. The minimum atomic E-state index is -0.864. The molecular weight excluding hydrogens is 363 g/mol. The summed E-state index contributed by atoms with van der Waals surface area (Å²) in [6, 6.07) is 5.77. The fourth-order valence-corrected chi connectivity index (χ4v) is 3.56. The molecule has 3 aromatic rings. The molecule has 2 aromatic heterocycles. The highest BCUT2D eigenvalue weighted by Crippen LogP contribution is 2.35. The first kappa shape index (κ1) is 17.8. The van der Waals surface area contributed by atoms with Crippen molar-refractivity contribution in [1.29, 1.82) is 0 Å². The molecule has 1 aliphatic rings. The Kier molecular flexibility index (Phi) is 4.38. The Morgan fingerprint density at radius 1 is 1.46 bits per heavy atom. The summed E-state index contributed by atoms with van der Waals surface area (Å²) in [7, 11) is 0. The molecule has 1 amide bonds. The molecule has 1 atom stereocenters. The van der Waals surface area contributed by atoms with Crippen LogP contribution in [0.4, 0.5) is 4.39 Å². The molecule has 0 saturated heterocycles. The van der Waals surface area contributed by atoms with Crippen LogP contribution in [0.2, 0.25) is 0 Å². The summed E-state index contributed by atoms with van der Waals surface area (Å²) in [4.78, 5) is 29.5. The zero-order valence-electron chi connectivity index (χ0n) is 15.0. The lowest BCUT2D eigenvalue weighted by atomic mass is 9.95. The molecule has 4 rings (SSSR count). The van der Waals surface area contributed by atoms with E-state index in [-0.39, 0.29) is 11.4 Å². The Labute approximate surface area is 159 Å². The largest absolute Gasteiger partial charge is 0.506 e. The summed E-state index contributed by atoms with van der Waals surface area (Å²) in [5.74, 6) is -1.93. The molecule has 1 aromatic carbocycles. The van der Waals surface area contributed by atoms with E-state index in [1.54, 1.807) is 24.5 Å². The van der Waals surface area contributed by atoms with Crippen LogP contribution in [0.15, 0.2) is 46.6 Å². The Balaban J connectivity index is 1.80. The van der Waals surface area contributed by atoms with Crippen molar-refractivity contribution in [2.75, 3.05) is 0 Å². The predicted octanol–water partition coefficient (Wildman–Crippen LogP) is 2.51. The maximum atomic E-state index is 14.0. The number of aromatic hydroxyl groups is 1. The van der Waals surface area contributed by atoms with E-state index in [0.29, 0.717) is 29.5 Å². The monoisotopic (exact) mass is 380 g/mol. The number of nitrogens with zero attached hydrogens (tertiary/aromatic N) is 3. The number of amides is 1. The Bertz CT molecular complexity index is 1170. The smallest absolute Gasteiger partial charge is 0.280 e. The van der Waals surface area contributed by atoms with Gasteiger partial charge in [-0.15, -0.1) is 0 Å². The molecule has 0 radical (unpaired) electrons. The van der Waals surface area contributed by atoms with Gasteiger partial charge in [0.1, 0.15) is 17.1 Å². The highest BCUT2D eigenvalue weighted by molar-refractivity contribution is 6.03. The van der Waals surface area contributed by atoms with E-state index >= 15 is 0 Å². The quantitative estimate of drug-likeness (QED) is 0.539. The molecule has 0 bridgehead atoms. The van der Waals surface area contributed by atoms with Gasteiger partial charge in [0.25, 0.3) is 11.5 Å². The van der Waals surface area contributed by atoms with Crippen molar-refractivity contribution in [3.8, 4) is 5.75 Å². The van der Waals surface area contributed by atoms with Crippen LogP contribution in [0.5, 0.6) is 5.75 Å². The molecule has 0 aliphatic carbocycles. The van der Waals surface area contributed by atoms with Crippen LogP contribution in [0, 0.1) is 5.82 Å². The number of pyridine rings is 2. The number of carbonyl (C=O) groups excluding carboxylic acids is 1. The number of carbonyl (C=O) groups is 1. The van der Waals surface area contributed by atoms with Crippen molar-refractivity contribution < 1.29 is 14.3 Å². The Morgan fingerprint density at radius 2 is 2.29 bits per heavy atom. The van der Waals surface area contributed by atoms with Gasteiger partial charge in [-0.1, -0.05) is 6.07 Å². The van der Waals surface area contributed by atoms with Crippen LogP contribution in [0.3, 0.4) is 0 Å². The first-order chi connectivity index (χ1) is 13.5. The average Bonchev–Trinajstić information content (AvgIpc) is 2.67. The molecule has 1 aliphatic heterocycles. The fourth-order valence-electron chi connectivity index (χ4n) is 3.56. The summed E-state index contributed by atoms with van der Waals surface area (Å²) in [5, 5.41) is 14.5. The number of aromatic nitrogens is 2. The fraction of sp³-hybridized carbons (Fsp3) is 0.200. The van der Waals surface area contributed by atoms with Gasteiger partial charge in [0.2, 0.25) is 0 Å². The molecular formula is C20H17FN4O3. The summed E-state index contributed by atoms with van der Waals surface area (Å²) in [6.45, 7) is 1.85. The maximum Gasteiger partial charge on any atom is 0.280 e. The van der Waals surface area contributed by atoms with Crippen molar-refractivity contribution in [3.05, 3.63) is 69.5 Å². The third-order valence-electron chi connectivity index (χ3n) is 4.88. The van der Waals surface area contributed by atoms with Crippen molar-refractivity contribution in [1.82, 2.24) is 15.0 Å². The van der Waals surface area contributed by atoms with Crippen molar-refractivity contribution >= 4 is 23.0 Å². The third kappa shape index (κ3) is 2.92. The molecule has 8 heteroatoms. The van der Waals surface area contributed by atoms with Crippen LogP contribution >= 0.6 is 0 Å². The van der Waals surface area contributed by atoms with E-state index in [1.807, 2.05) is 6.92 Å². The van der Waals surface area contributed by atoms with E-state index in [4.69, 9.17) is 0 Å². The zero-order chi connectivity index (χ0) is 19.8. The van der Waals surface area contributed by atoms with Crippen LogP contribution < -0.4 is 11.0 Å². The highest BCUT2D eigenvalue weighted by Gasteiger charge is 2.28. The number of hydrazone groups is 1. The van der Waals surface area contributed by atoms with Crippen molar-refractivity contribution in [2.45, 2.75) is 25.8 Å². The number of benzene rings is 1. The van der Waals surface area contributed by atoms with Gasteiger partial charge in [-0.2, -0.15) is 5.10 Å². The van der Waals surface area contributed by atoms with Gasteiger partial charge in [0, 0.05) is 29.4 Å². The van der Waals surface area contributed by atoms with Gasteiger partial charge >= 0.3 is 0 Å². The second-order valence-corrected chi connectivity index (χ2v) is 6.73. The maximum absolute atomic E-state index is 14.0. The molecule has 142 valence electrons. The molecule has 3 heterocycles. The lowest BCUT2D eigenvalue weighted by Gasteiger charge is -2.26. The molecule has 28 heavy (non-hydrogen) atoms. The standard InChI is InChI=1S/C20H17FN4O3/c1-11-4-5-13-7-14(21)8-15-17(13)25(11)20(28)16(18(15)26)19(27)24-23-10-12-3-2-6-22-9-12/h2-3,6-11,26H,4-5H2,1H3,(H,24,27)/b23-10-/t11-/m0/s1. The van der Waals surface area contributed by atoms with Crippen LogP contribution in [0.1, 0.15) is 40.9 Å². The first-order valence-corrected chi connectivity index (χ1v) is 8.80. The van der Waals surface area contributed by atoms with Crippen LogP contribution in [0.25, 0.3) is 10.9 Å². The van der Waals surface area contributed by atoms with Gasteiger partial charge in [0.15, 0.2) is 0 Å². The summed E-state index contributed by atoms with van der Waals surface area (Å²) in [6.07, 6.45) is 5.75. The number of rotatable bonds is 3. The zero-order valence-corrected chi connectivity index (χ0v) is 15.0. The van der Waals surface area contributed by atoms with Gasteiger partial charge in [-0.05, 0) is 43.5 Å². The van der Waals surface area contributed by atoms with Crippen LogP contribution in [-0.4, -0.2) is 26.8 Å². The topological polar surface area (TPSA) is 96.6 Å². The van der Waals surface area contributed by atoms with Gasteiger partial charge < -0.3 is 9.67 Å². The van der Waals surface area contributed by atoms with Gasteiger partial charge in [-0.3, -0.25) is 14.6 Å².